The van der Waals surface area contributed by atoms with Crippen LogP contribution in [0.2, 0.25) is 0 Å². The van der Waals surface area contributed by atoms with E-state index in [-0.39, 0.29) is 6.04 Å². The predicted molar refractivity (Wildman–Crippen MR) is 89.4 cm³/mol. The van der Waals surface area contributed by atoms with E-state index in [0.717, 1.165) is 17.3 Å². The first kappa shape index (κ1) is 13.2. The van der Waals surface area contributed by atoms with Gasteiger partial charge in [-0.2, -0.15) is 4.52 Å². The molecule has 1 N–H and O–H groups in total. The van der Waals surface area contributed by atoms with E-state index in [9.17, 15) is 0 Å². The molecule has 0 aliphatic heterocycles. The summed E-state index contributed by atoms with van der Waals surface area (Å²) in [7, 11) is 0. The molecule has 1 atom stereocenters. The van der Waals surface area contributed by atoms with Crippen LogP contribution in [0.5, 0.6) is 0 Å². The van der Waals surface area contributed by atoms with Gasteiger partial charge >= 0.3 is 0 Å². The molecule has 4 aromatic rings. The zero-order valence-electron chi connectivity index (χ0n) is 12.3. The third-order valence-corrected chi connectivity index (χ3v) is 4.95. The van der Waals surface area contributed by atoms with Gasteiger partial charge in [-0.25, -0.2) is 0 Å². The van der Waals surface area contributed by atoms with Crippen molar-refractivity contribution >= 4 is 32.9 Å². The summed E-state index contributed by atoms with van der Waals surface area (Å²) in [4.78, 5) is 1.29. The summed E-state index contributed by atoms with van der Waals surface area (Å²) in [6, 6.07) is 14.7. The molecular formula is C16H15N5S. The Balaban J connectivity index is 1.64. The predicted octanol–water partition coefficient (Wildman–Crippen LogP) is 3.82. The van der Waals surface area contributed by atoms with Crippen LogP contribution in [-0.4, -0.2) is 19.8 Å². The van der Waals surface area contributed by atoms with Crippen LogP contribution >= 0.6 is 11.3 Å². The van der Waals surface area contributed by atoms with Gasteiger partial charge in [0.25, 0.3) is 0 Å². The van der Waals surface area contributed by atoms with Crippen LogP contribution in [0, 0.1) is 6.92 Å². The van der Waals surface area contributed by atoms with E-state index in [1.165, 1.54) is 15.0 Å². The van der Waals surface area contributed by atoms with Crippen molar-refractivity contribution < 1.29 is 0 Å². The van der Waals surface area contributed by atoms with E-state index in [4.69, 9.17) is 0 Å². The maximum atomic E-state index is 4.54. The molecule has 0 bridgehead atoms. The van der Waals surface area contributed by atoms with Crippen molar-refractivity contribution in [3.05, 3.63) is 53.2 Å². The number of hydrogen-bond donors (Lipinski definition) is 1. The molecule has 0 radical (unpaired) electrons. The van der Waals surface area contributed by atoms with Crippen LogP contribution in [0.25, 0.3) is 15.7 Å². The zero-order valence-corrected chi connectivity index (χ0v) is 13.1. The molecule has 5 nitrogen and oxygen atoms in total. The Bertz CT molecular complexity index is 922. The van der Waals surface area contributed by atoms with Crippen molar-refractivity contribution in [3.8, 4) is 0 Å². The van der Waals surface area contributed by atoms with Gasteiger partial charge in [0.1, 0.15) is 5.82 Å². The van der Waals surface area contributed by atoms with Crippen LogP contribution in [0.1, 0.15) is 23.7 Å². The maximum absolute atomic E-state index is 4.54. The molecule has 0 spiro atoms. The molecule has 6 heteroatoms. The first-order valence-electron chi connectivity index (χ1n) is 7.15. The largest absolute Gasteiger partial charge is 0.361 e. The highest BCUT2D eigenvalue weighted by Crippen LogP contribution is 2.31. The second kappa shape index (κ2) is 5.06. The lowest BCUT2D eigenvalue weighted by molar-refractivity contribution is 0.838. The molecule has 0 amide bonds. The number of thiophene rings is 1. The monoisotopic (exact) mass is 309 g/mol. The number of fused-ring (bicyclic) bond motifs is 2. The van der Waals surface area contributed by atoms with E-state index in [1.807, 2.05) is 30.4 Å². The van der Waals surface area contributed by atoms with E-state index < -0.39 is 0 Å². The zero-order chi connectivity index (χ0) is 15.1. The van der Waals surface area contributed by atoms with Crippen molar-refractivity contribution in [2.24, 2.45) is 0 Å². The van der Waals surface area contributed by atoms with Crippen molar-refractivity contribution in [1.82, 2.24) is 19.8 Å². The van der Waals surface area contributed by atoms with Gasteiger partial charge in [-0.3, -0.25) is 0 Å². The molecule has 0 aliphatic carbocycles. The van der Waals surface area contributed by atoms with Gasteiger partial charge in [0.05, 0.1) is 6.04 Å². The summed E-state index contributed by atoms with van der Waals surface area (Å²) in [5.41, 5.74) is 0.762. The van der Waals surface area contributed by atoms with Crippen molar-refractivity contribution in [2.75, 3.05) is 5.32 Å². The lowest BCUT2D eigenvalue weighted by Gasteiger charge is -2.12. The van der Waals surface area contributed by atoms with E-state index in [1.54, 1.807) is 4.52 Å². The summed E-state index contributed by atoms with van der Waals surface area (Å²) in [5.74, 6) is 1.61. The second-order valence-corrected chi connectivity index (χ2v) is 6.40. The molecular weight excluding hydrogens is 294 g/mol. The summed E-state index contributed by atoms with van der Waals surface area (Å²) >= 11 is 1.81. The first-order valence-corrected chi connectivity index (χ1v) is 7.96. The Kier molecular flexibility index (Phi) is 3.04. The number of nitrogens with one attached hydrogen (secondary N) is 1. The normalized spacial score (nSPS) is 12.8. The molecule has 4 rings (SSSR count). The maximum Gasteiger partial charge on any atom is 0.178 e. The first-order chi connectivity index (χ1) is 10.7. The van der Waals surface area contributed by atoms with Crippen molar-refractivity contribution in [1.29, 1.82) is 0 Å². The van der Waals surface area contributed by atoms with Crippen LogP contribution in [0.4, 0.5) is 5.82 Å². The quantitative estimate of drug-likeness (QED) is 0.625. The molecule has 3 heterocycles. The van der Waals surface area contributed by atoms with Crippen molar-refractivity contribution in [2.45, 2.75) is 19.9 Å². The van der Waals surface area contributed by atoms with Crippen LogP contribution < -0.4 is 5.32 Å². The molecule has 3 aromatic heterocycles. The Morgan fingerprint density at radius 1 is 1.14 bits per heavy atom. The SMILES string of the molecule is Cc1nnc2ccc(NC(C)c3cc4ccccc4s3)nn12. The number of hydrogen-bond acceptors (Lipinski definition) is 5. The Hall–Kier alpha value is -2.47. The van der Waals surface area contributed by atoms with Gasteiger partial charge in [0.15, 0.2) is 11.5 Å². The fraction of sp³-hybridized carbons (Fsp3) is 0.188. The van der Waals surface area contributed by atoms with Crippen molar-refractivity contribution in [3.63, 3.8) is 0 Å². The molecule has 22 heavy (non-hydrogen) atoms. The summed E-state index contributed by atoms with van der Waals surface area (Å²) < 4.78 is 3.06. The van der Waals surface area contributed by atoms with Gasteiger partial charge < -0.3 is 5.32 Å². The van der Waals surface area contributed by atoms with Gasteiger partial charge in [0, 0.05) is 9.58 Å². The third-order valence-electron chi connectivity index (χ3n) is 3.65. The average Bonchev–Trinajstić information content (AvgIpc) is 3.11. The molecule has 1 aromatic carbocycles. The molecule has 1 unspecified atom stereocenters. The minimum Gasteiger partial charge on any atom is -0.361 e. The Morgan fingerprint density at radius 3 is 2.86 bits per heavy atom. The van der Waals surface area contributed by atoms with E-state index in [2.05, 4.69) is 57.9 Å². The minimum absolute atomic E-state index is 0.194. The molecule has 0 saturated heterocycles. The minimum atomic E-state index is 0.194. The van der Waals surface area contributed by atoms with E-state index >= 15 is 0 Å². The van der Waals surface area contributed by atoms with Gasteiger partial charge in [-0.1, -0.05) is 18.2 Å². The van der Waals surface area contributed by atoms with E-state index in [0.29, 0.717) is 0 Å². The standard InChI is InChI=1S/C16H15N5S/c1-10(14-9-12-5-3-4-6-13(12)22-14)17-15-7-8-16-19-18-11(2)21(16)20-15/h3-10H,1-2H3,(H,17,20). The topological polar surface area (TPSA) is 55.1 Å². The second-order valence-electron chi connectivity index (χ2n) is 5.29. The molecule has 0 saturated carbocycles. The van der Waals surface area contributed by atoms with Gasteiger partial charge in [-0.15, -0.1) is 26.6 Å². The fourth-order valence-electron chi connectivity index (χ4n) is 2.48. The van der Waals surface area contributed by atoms with Crippen LogP contribution in [-0.2, 0) is 0 Å². The lowest BCUT2D eigenvalue weighted by atomic mass is 10.2. The number of nitrogens with zero attached hydrogens (tertiary/aromatic N) is 4. The van der Waals surface area contributed by atoms with Crippen LogP contribution in [0.3, 0.4) is 0 Å². The number of anilines is 1. The summed E-state index contributed by atoms with van der Waals surface area (Å²) in [6.45, 7) is 4.04. The molecule has 0 fully saturated rings. The van der Waals surface area contributed by atoms with Gasteiger partial charge in [0.2, 0.25) is 0 Å². The molecule has 0 aliphatic rings. The third kappa shape index (κ3) is 2.21. The highest BCUT2D eigenvalue weighted by Gasteiger charge is 2.11. The highest BCUT2D eigenvalue weighted by atomic mass is 32.1. The van der Waals surface area contributed by atoms with Crippen LogP contribution in [0.15, 0.2) is 42.5 Å². The number of aryl methyl sites for hydroxylation is 1. The smallest absolute Gasteiger partial charge is 0.178 e. The number of rotatable bonds is 3. The highest BCUT2D eigenvalue weighted by molar-refractivity contribution is 7.19. The Labute approximate surface area is 131 Å². The molecule has 110 valence electrons. The average molecular weight is 309 g/mol. The summed E-state index contributed by atoms with van der Waals surface area (Å²) in [5, 5.41) is 17.4. The fourth-order valence-corrected chi connectivity index (χ4v) is 3.55. The Morgan fingerprint density at radius 2 is 2.00 bits per heavy atom. The lowest BCUT2D eigenvalue weighted by Crippen LogP contribution is -2.08. The summed E-state index contributed by atoms with van der Waals surface area (Å²) in [6.07, 6.45) is 0. The van der Waals surface area contributed by atoms with Gasteiger partial charge in [-0.05, 0) is 43.5 Å². The number of benzene rings is 1. The number of aromatic nitrogens is 4.